The number of carbonyl (C=O) groups is 1. The highest BCUT2D eigenvalue weighted by molar-refractivity contribution is 5.74. The molecule has 5 heteroatoms. The molecule has 144 valence electrons. The zero-order chi connectivity index (χ0) is 19.1. The maximum Gasteiger partial charge on any atom is 0.318 e. The normalized spacial score (nSPS) is 17.5. The van der Waals surface area contributed by atoms with Crippen LogP contribution >= 0.6 is 0 Å². The van der Waals surface area contributed by atoms with E-state index in [1.54, 1.807) is 0 Å². The number of carbonyl (C=O) groups excluding carboxylic acids is 1. The van der Waals surface area contributed by atoms with E-state index in [0.717, 1.165) is 36.6 Å². The summed E-state index contributed by atoms with van der Waals surface area (Å²) in [6.07, 6.45) is 2.39. The number of nitrogens with zero attached hydrogens (tertiary/aromatic N) is 3. The topological polar surface area (TPSA) is 48.5 Å². The number of rotatable bonds is 6. The zero-order valence-electron chi connectivity index (χ0n) is 16.4. The Morgan fingerprint density at radius 2 is 2.00 bits per heavy atom. The van der Waals surface area contributed by atoms with Crippen LogP contribution in [0, 0.1) is 12.8 Å². The number of aryl methyl sites for hydroxylation is 1. The second kappa shape index (κ2) is 9.51. The second-order valence-electron chi connectivity index (χ2n) is 7.57. The van der Waals surface area contributed by atoms with Gasteiger partial charge in [0.05, 0.1) is 12.2 Å². The van der Waals surface area contributed by atoms with Gasteiger partial charge in [-0.1, -0.05) is 36.4 Å². The smallest absolute Gasteiger partial charge is 0.318 e. The average molecular weight is 367 g/mol. The average Bonchev–Trinajstić information content (AvgIpc) is 2.66. The second-order valence-corrected chi connectivity index (χ2v) is 7.57. The molecular weight excluding hydrogens is 336 g/mol. The standard InChI is InChI=1S/C22H30N4O/c1-18-8-6-12-21(24-18)17-26(16-19-9-4-3-5-10-19)22(27)23-14-20-11-7-13-25(2)15-20/h3-6,8-10,12,20H,7,11,13-17H2,1-2H3,(H,23,27)/t20-/m0/s1. The summed E-state index contributed by atoms with van der Waals surface area (Å²) >= 11 is 0. The van der Waals surface area contributed by atoms with Gasteiger partial charge in [-0.15, -0.1) is 0 Å². The lowest BCUT2D eigenvalue weighted by molar-refractivity contribution is 0.178. The van der Waals surface area contributed by atoms with Crippen LogP contribution < -0.4 is 5.32 Å². The molecule has 1 aromatic heterocycles. The zero-order valence-corrected chi connectivity index (χ0v) is 16.4. The molecule has 27 heavy (non-hydrogen) atoms. The molecule has 0 bridgehead atoms. The number of urea groups is 1. The number of piperidine rings is 1. The lowest BCUT2D eigenvalue weighted by Gasteiger charge is -2.30. The summed E-state index contributed by atoms with van der Waals surface area (Å²) in [6.45, 7) is 6.00. The van der Waals surface area contributed by atoms with Gasteiger partial charge in [0.25, 0.3) is 0 Å². The van der Waals surface area contributed by atoms with E-state index in [4.69, 9.17) is 0 Å². The quantitative estimate of drug-likeness (QED) is 0.852. The molecule has 1 aliphatic rings. The van der Waals surface area contributed by atoms with Gasteiger partial charge < -0.3 is 15.1 Å². The van der Waals surface area contributed by atoms with Crippen LogP contribution in [0.3, 0.4) is 0 Å². The van der Waals surface area contributed by atoms with Crippen molar-refractivity contribution in [1.82, 2.24) is 20.1 Å². The Hall–Kier alpha value is -2.40. The number of benzene rings is 1. The molecule has 2 heterocycles. The van der Waals surface area contributed by atoms with Crippen molar-refractivity contribution in [3.05, 3.63) is 65.5 Å². The molecule has 0 saturated carbocycles. The molecule has 1 fully saturated rings. The van der Waals surface area contributed by atoms with Gasteiger partial charge in [0, 0.05) is 25.3 Å². The first-order valence-corrected chi connectivity index (χ1v) is 9.78. The molecule has 1 aromatic carbocycles. The van der Waals surface area contributed by atoms with Gasteiger partial charge in [0.15, 0.2) is 0 Å². The fourth-order valence-corrected chi connectivity index (χ4v) is 3.67. The SMILES string of the molecule is Cc1cccc(CN(Cc2ccccc2)C(=O)NC[C@@H]2CCCN(C)C2)n1. The van der Waals surface area contributed by atoms with Gasteiger partial charge in [-0.25, -0.2) is 4.79 Å². The highest BCUT2D eigenvalue weighted by Crippen LogP contribution is 2.15. The van der Waals surface area contributed by atoms with E-state index >= 15 is 0 Å². The van der Waals surface area contributed by atoms with Crippen LogP contribution in [0.2, 0.25) is 0 Å². The van der Waals surface area contributed by atoms with Gasteiger partial charge in [0.1, 0.15) is 0 Å². The van der Waals surface area contributed by atoms with Crippen molar-refractivity contribution in [2.75, 3.05) is 26.7 Å². The minimum atomic E-state index is -0.0182. The van der Waals surface area contributed by atoms with Crippen molar-refractivity contribution >= 4 is 6.03 Å². The first kappa shape index (κ1) is 19.4. The molecule has 1 aliphatic heterocycles. The van der Waals surface area contributed by atoms with E-state index in [1.165, 1.54) is 12.8 Å². The van der Waals surface area contributed by atoms with Crippen LogP contribution in [0.25, 0.3) is 0 Å². The van der Waals surface area contributed by atoms with Crippen LogP contribution in [-0.4, -0.2) is 47.5 Å². The number of amides is 2. The van der Waals surface area contributed by atoms with Crippen LogP contribution in [0.5, 0.6) is 0 Å². The summed E-state index contributed by atoms with van der Waals surface area (Å²) in [7, 11) is 2.15. The third kappa shape index (κ3) is 6.07. The summed E-state index contributed by atoms with van der Waals surface area (Å²) in [4.78, 5) is 21.7. The molecule has 0 spiro atoms. The Morgan fingerprint density at radius 1 is 1.19 bits per heavy atom. The maximum atomic E-state index is 12.9. The number of nitrogens with one attached hydrogen (secondary N) is 1. The van der Waals surface area contributed by atoms with E-state index in [2.05, 4.69) is 34.4 Å². The van der Waals surface area contributed by atoms with E-state index in [9.17, 15) is 4.79 Å². The van der Waals surface area contributed by atoms with Crippen LogP contribution in [0.1, 0.15) is 29.8 Å². The molecular formula is C22H30N4O. The number of likely N-dealkylation sites (tertiary alicyclic amines) is 1. The summed E-state index contributed by atoms with van der Waals surface area (Å²) in [5, 5.41) is 3.16. The van der Waals surface area contributed by atoms with Crippen molar-refractivity contribution in [3.63, 3.8) is 0 Å². The number of aromatic nitrogens is 1. The summed E-state index contributed by atoms with van der Waals surface area (Å²) in [5.74, 6) is 0.531. The Kier molecular flexibility index (Phi) is 6.82. The lowest BCUT2D eigenvalue weighted by Crippen LogP contribution is -2.44. The molecule has 0 radical (unpaired) electrons. The Bertz CT molecular complexity index is 734. The predicted molar refractivity (Wildman–Crippen MR) is 108 cm³/mol. The highest BCUT2D eigenvalue weighted by atomic mass is 16.2. The molecule has 0 unspecified atom stereocenters. The Balaban J connectivity index is 1.65. The van der Waals surface area contributed by atoms with Gasteiger partial charge in [-0.3, -0.25) is 4.98 Å². The van der Waals surface area contributed by atoms with E-state index in [0.29, 0.717) is 19.0 Å². The van der Waals surface area contributed by atoms with E-state index < -0.39 is 0 Å². The van der Waals surface area contributed by atoms with Crippen molar-refractivity contribution in [2.24, 2.45) is 5.92 Å². The van der Waals surface area contributed by atoms with Crippen molar-refractivity contribution in [2.45, 2.75) is 32.9 Å². The third-order valence-corrected chi connectivity index (χ3v) is 5.07. The Morgan fingerprint density at radius 3 is 2.74 bits per heavy atom. The summed E-state index contributed by atoms with van der Waals surface area (Å²) in [6, 6.07) is 16.1. The predicted octanol–water partition coefficient (Wildman–Crippen LogP) is 3.44. The van der Waals surface area contributed by atoms with Crippen molar-refractivity contribution < 1.29 is 4.79 Å². The lowest BCUT2D eigenvalue weighted by atomic mass is 9.99. The molecule has 0 aliphatic carbocycles. The first-order chi connectivity index (χ1) is 13.1. The molecule has 5 nitrogen and oxygen atoms in total. The number of pyridine rings is 1. The minimum Gasteiger partial charge on any atom is -0.338 e. The number of hydrogen-bond donors (Lipinski definition) is 1. The van der Waals surface area contributed by atoms with E-state index in [-0.39, 0.29) is 6.03 Å². The van der Waals surface area contributed by atoms with Gasteiger partial charge >= 0.3 is 6.03 Å². The molecule has 1 saturated heterocycles. The van der Waals surface area contributed by atoms with Crippen LogP contribution in [-0.2, 0) is 13.1 Å². The maximum absolute atomic E-state index is 12.9. The molecule has 1 atom stereocenters. The van der Waals surface area contributed by atoms with Crippen molar-refractivity contribution in [1.29, 1.82) is 0 Å². The highest BCUT2D eigenvalue weighted by Gasteiger charge is 2.20. The van der Waals surface area contributed by atoms with Crippen LogP contribution in [0.4, 0.5) is 4.79 Å². The molecule has 2 amide bonds. The minimum absolute atomic E-state index is 0.0182. The third-order valence-electron chi connectivity index (χ3n) is 5.07. The summed E-state index contributed by atoms with van der Waals surface area (Å²) in [5.41, 5.74) is 3.01. The molecule has 1 N–H and O–H groups in total. The van der Waals surface area contributed by atoms with Gasteiger partial charge in [-0.05, 0) is 57.0 Å². The fourth-order valence-electron chi connectivity index (χ4n) is 3.67. The monoisotopic (exact) mass is 366 g/mol. The Labute approximate surface area is 162 Å². The fraction of sp³-hybridized carbons (Fsp3) is 0.455. The van der Waals surface area contributed by atoms with Gasteiger partial charge in [0.2, 0.25) is 0 Å². The van der Waals surface area contributed by atoms with Crippen LogP contribution in [0.15, 0.2) is 48.5 Å². The van der Waals surface area contributed by atoms with Crippen molar-refractivity contribution in [3.8, 4) is 0 Å². The number of hydrogen-bond acceptors (Lipinski definition) is 3. The molecule has 2 aromatic rings. The first-order valence-electron chi connectivity index (χ1n) is 9.78. The van der Waals surface area contributed by atoms with E-state index in [1.807, 2.05) is 48.2 Å². The summed E-state index contributed by atoms with van der Waals surface area (Å²) < 4.78 is 0. The largest absolute Gasteiger partial charge is 0.338 e. The van der Waals surface area contributed by atoms with Gasteiger partial charge in [-0.2, -0.15) is 0 Å². The molecule has 3 rings (SSSR count).